The van der Waals surface area contributed by atoms with Gasteiger partial charge in [-0.3, -0.25) is 4.79 Å². The molecular formula is C28H25N3O2. The summed E-state index contributed by atoms with van der Waals surface area (Å²) in [4.78, 5) is 19.9. The maximum Gasteiger partial charge on any atom is 0.246 e. The predicted molar refractivity (Wildman–Crippen MR) is 132 cm³/mol. The number of aromatic nitrogens is 2. The van der Waals surface area contributed by atoms with E-state index in [1.54, 1.807) is 4.90 Å². The van der Waals surface area contributed by atoms with Crippen LogP contribution in [-0.2, 0) is 17.9 Å². The fourth-order valence-corrected chi connectivity index (χ4v) is 4.15. The Balaban J connectivity index is 1.42. The molecule has 1 heterocycles. The van der Waals surface area contributed by atoms with Crippen molar-refractivity contribution in [3.8, 4) is 5.75 Å². The zero-order valence-electron chi connectivity index (χ0n) is 18.5. The first kappa shape index (κ1) is 20.8. The molecule has 0 atom stereocenters. The fraction of sp³-hybridized carbons (Fsp3) is 0.143. The highest BCUT2D eigenvalue weighted by Gasteiger charge is 2.19. The molecule has 4 aromatic carbocycles. The fourth-order valence-electron chi connectivity index (χ4n) is 4.15. The molecule has 0 saturated carbocycles. The Kier molecular flexibility index (Phi) is 5.77. The van der Waals surface area contributed by atoms with Gasteiger partial charge in [0.05, 0.1) is 11.0 Å². The van der Waals surface area contributed by atoms with Crippen LogP contribution in [0.15, 0.2) is 97.1 Å². The molecule has 0 fully saturated rings. The van der Waals surface area contributed by atoms with Crippen LogP contribution in [0.5, 0.6) is 5.75 Å². The number of carbonyl (C=O) groups excluding carboxylic acids is 1. The van der Waals surface area contributed by atoms with Gasteiger partial charge in [-0.15, -0.1) is 0 Å². The van der Waals surface area contributed by atoms with E-state index in [4.69, 9.17) is 9.72 Å². The number of hydrogen-bond donors (Lipinski definition) is 0. The number of likely N-dealkylation sites (N-methyl/N-ethyl adjacent to an activating group) is 1. The van der Waals surface area contributed by atoms with E-state index in [-0.39, 0.29) is 19.1 Å². The molecule has 1 amide bonds. The number of para-hydroxylation sites is 3. The van der Waals surface area contributed by atoms with Gasteiger partial charge in [0.25, 0.3) is 0 Å². The minimum atomic E-state index is 0.0128. The van der Waals surface area contributed by atoms with Crippen molar-refractivity contribution in [1.82, 2.24) is 9.55 Å². The third-order valence-electron chi connectivity index (χ3n) is 5.80. The Morgan fingerprint density at radius 2 is 1.61 bits per heavy atom. The van der Waals surface area contributed by atoms with E-state index in [2.05, 4.69) is 18.2 Å². The lowest BCUT2D eigenvalue weighted by Crippen LogP contribution is -2.34. The maximum atomic E-state index is 13.3. The molecule has 0 saturated heterocycles. The second-order valence-corrected chi connectivity index (χ2v) is 7.87. The summed E-state index contributed by atoms with van der Waals surface area (Å²) in [7, 11) is 0. The van der Waals surface area contributed by atoms with Gasteiger partial charge in [-0.05, 0) is 54.1 Å². The van der Waals surface area contributed by atoms with Crippen molar-refractivity contribution < 1.29 is 9.53 Å². The molecule has 0 N–H and O–H groups in total. The highest BCUT2D eigenvalue weighted by molar-refractivity contribution is 5.94. The Morgan fingerprint density at radius 1 is 0.879 bits per heavy atom. The number of nitrogens with zero attached hydrogens (tertiary/aromatic N) is 3. The van der Waals surface area contributed by atoms with Gasteiger partial charge < -0.3 is 14.2 Å². The van der Waals surface area contributed by atoms with Crippen LogP contribution < -0.4 is 9.64 Å². The zero-order chi connectivity index (χ0) is 22.6. The van der Waals surface area contributed by atoms with Crippen molar-refractivity contribution in [3.63, 3.8) is 0 Å². The standard InChI is InChI=1S/C28H25N3O2/c1-2-30(23-12-4-3-5-13-23)28(32)19-31-26-15-9-8-14-25(26)29-27(31)20-33-24-17-16-21-10-6-7-11-22(21)18-24/h3-18H,2,19-20H2,1H3. The zero-order valence-corrected chi connectivity index (χ0v) is 18.5. The molecule has 0 radical (unpaired) electrons. The molecule has 0 aliphatic heterocycles. The lowest BCUT2D eigenvalue weighted by atomic mass is 10.1. The summed E-state index contributed by atoms with van der Waals surface area (Å²) in [6, 6.07) is 31.9. The van der Waals surface area contributed by atoms with Gasteiger partial charge in [0.15, 0.2) is 0 Å². The van der Waals surface area contributed by atoms with Crippen LogP contribution in [-0.4, -0.2) is 22.0 Å². The molecule has 5 nitrogen and oxygen atoms in total. The van der Waals surface area contributed by atoms with Gasteiger partial charge in [0.2, 0.25) is 5.91 Å². The second kappa shape index (κ2) is 9.17. The van der Waals surface area contributed by atoms with Gasteiger partial charge in [-0.1, -0.05) is 60.7 Å². The number of carbonyl (C=O) groups is 1. The largest absolute Gasteiger partial charge is 0.486 e. The topological polar surface area (TPSA) is 47.4 Å². The molecule has 164 valence electrons. The molecule has 33 heavy (non-hydrogen) atoms. The summed E-state index contributed by atoms with van der Waals surface area (Å²) in [5, 5.41) is 2.29. The number of benzene rings is 4. The number of ether oxygens (including phenoxy) is 1. The maximum absolute atomic E-state index is 13.3. The van der Waals surface area contributed by atoms with Crippen molar-refractivity contribution in [2.75, 3.05) is 11.4 Å². The van der Waals surface area contributed by atoms with E-state index >= 15 is 0 Å². The third kappa shape index (κ3) is 4.30. The van der Waals surface area contributed by atoms with Crippen LogP contribution in [0.25, 0.3) is 21.8 Å². The molecule has 1 aromatic heterocycles. The van der Waals surface area contributed by atoms with Crippen LogP contribution in [0, 0.1) is 0 Å². The Morgan fingerprint density at radius 3 is 2.42 bits per heavy atom. The Hall–Kier alpha value is -4.12. The Labute approximate surface area is 192 Å². The van der Waals surface area contributed by atoms with Crippen LogP contribution in [0.3, 0.4) is 0 Å². The van der Waals surface area contributed by atoms with Gasteiger partial charge in [-0.2, -0.15) is 0 Å². The summed E-state index contributed by atoms with van der Waals surface area (Å²) in [5.41, 5.74) is 2.67. The van der Waals surface area contributed by atoms with Gasteiger partial charge >= 0.3 is 0 Å². The van der Waals surface area contributed by atoms with E-state index in [0.717, 1.165) is 33.7 Å². The first-order chi connectivity index (χ1) is 16.2. The van der Waals surface area contributed by atoms with Crippen molar-refractivity contribution in [2.45, 2.75) is 20.1 Å². The molecule has 5 heteroatoms. The quantitative estimate of drug-likeness (QED) is 0.324. The van der Waals surface area contributed by atoms with Gasteiger partial charge in [0.1, 0.15) is 24.7 Å². The lowest BCUT2D eigenvalue weighted by molar-refractivity contribution is -0.119. The molecule has 0 aliphatic rings. The Bertz CT molecular complexity index is 1410. The van der Waals surface area contributed by atoms with E-state index in [0.29, 0.717) is 6.54 Å². The van der Waals surface area contributed by atoms with Crippen LogP contribution in [0.1, 0.15) is 12.7 Å². The van der Waals surface area contributed by atoms with Crippen molar-refractivity contribution in [2.24, 2.45) is 0 Å². The second-order valence-electron chi connectivity index (χ2n) is 7.87. The number of rotatable bonds is 7. The summed E-state index contributed by atoms with van der Waals surface area (Å²) >= 11 is 0. The van der Waals surface area contributed by atoms with E-state index < -0.39 is 0 Å². The summed E-state index contributed by atoms with van der Waals surface area (Å²) in [6.07, 6.45) is 0. The minimum Gasteiger partial charge on any atom is -0.486 e. The van der Waals surface area contributed by atoms with Crippen molar-refractivity contribution in [1.29, 1.82) is 0 Å². The lowest BCUT2D eigenvalue weighted by Gasteiger charge is -2.22. The van der Waals surface area contributed by atoms with E-state index in [1.165, 1.54) is 5.39 Å². The van der Waals surface area contributed by atoms with Crippen molar-refractivity contribution in [3.05, 3.63) is 103 Å². The molecule has 0 spiro atoms. The van der Waals surface area contributed by atoms with Crippen molar-refractivity contribution >= 4 is 33.4 Å². The number of imidazole rings is 1. The van der Waals surface area contributed by atoms with Gasteiger partial charge in [-0.25, -0.2) is 4.98 Å². The number of anilines is 1. The molecule has 5 aromatic rings. The molecule has 0 bridgehead atoms. The smallest absolute Gasteiger partial charge is 0.246 e. The molecule has 5 rings (SSSR count). The highest BCUT2D eigenvalue weighted by atomic mass is 16.5. The van der Waals surface area contributed by atoms with Gasteiger partial charge in [0, 0.05) is 12.2 Å². The highest BCUT2D eigenvalue weighted by Crippen LogP contribution is 2.23. The number of fused-ring (bicyclic) bond motifs is 2. The summed E-state index contributed by atoms with van der Waals surface area (Å²) in [6.45, 7) is 3.05. The van der Waals surface area contributed by atoms with E-state index in [9.17, 15) is 4.79 Å². The third-order valence-corrected chi connectivity index (χ3v) is 5.80. The summed E-state index contributed by atoms with van der Waals surface area (Å²) < 4.78 is 8.08. The van der Waals surface area contributed by atoms with E-state index in [1.807, 2.05) is 90.4 Å². The van der Waals surface area contributed by atoms with Crippen LogP contribution in [0.4, 0.5) is 5.69 Å². The number of hydrogen-bond acceptors (Lipinski definition) is 3. The monoisotopic (exact) mass is 435 g/mol. The summed E-state index contributed by atoms with van der Waals surface area (Å²) in [5.74, 6) is 1.51. The first-order valence-corrected chi connectivity index (χ1v) is 11.1. The SMILES string of the molecule is CCN(C(=O)Cn1c(COc2ccc3ccccc3c2)nc2ccccc21)c1ccccc1. The van der Waals surface area contributed by atoms with Crippen LogP contribution >= 0.6 is 0 Å². The predicted octanol–water partition coefficient (Wildman–Crippen LogP) is 5.82. The average Bonchev–Trinajstić information content (AvgIpc) is 3.21. The first-order valence-electron chi connectivity index (χ1n) is 11.1. The normalized spacial score (nSPS) is 11.1. The number of amides is 1. The molecular weight excluding hydrogens is 410 g/mol. The minimum absolute atomic E-state index is 0.0128. The van der Waals surface area contributed by atoms with Crippen LogP contribution in [0.2, 0.25) is 0 Å². The molecule has 0 aliphatic carbocycles. The average molecular weight is 436 g/mol. The molecule has 0 unspecified atom stereocenters.